The number of nitrogens with zero attached hydrogens (tertiary/aromatic N) is 4. The summed E-state index contributed by atoms with van der Waals surface area (Å²) in [5.74, 6) is -0.619. The quantitative estimate of drug-likeness (QED) is 0.576. The number of carbonyl (C=O) groups excluding carboxylic acids is 1. The maximum Gasteiger partial charge on any atom is 0.238 e. The summed E-state index contributed by atoms with van der Waals surface area (Å²) in [4.78, 5) is 30.5. The highest BCUT2D eigenvalue weighted by molar-refractivity contribution is 7.19. The predicted octanol–water partition coefficient (Wildman–Crippen LogP) is 3.77. The van der Waals surface area contributed by atoms with Crippen molar-refractivity contribution in [3.05, 3.63) is 90.9 Å². The van der Waals surface area contributed by atoms with E-state index in [9.17, 15) is 4.79 Å². The predicted molar refractivity (Wildman–Crippen MR) is 104 cm³/mol. The summed E-state index contributed by atoms with van der Waals surface area (Å²) in [6, 6.07) is 13.4. The van der Waals surface area contributed by atoms with E-state index in [0.29, 0.717) is 5.13 Å². The van der Waals surface area contributed by atoms with Crippen LogP contribution in [-0.2, 0) is 4.79 Å². The van der Waals surface area contributed by atoms with Crippen LogP contribution in [-0.4, -0.2) is 25.8 Å². The fourth-order valence-electron chi connectivity index (χ4n) is 2.76. The Morgan fingerprint density at radius 2 is 1.67 bits per heavy atom. The van der Waals surface area contributed by atoms with Gasteiger partial charge in [-0.2, -0.15) is 0 Å². The average molecular weight is 373 g/mol. The van der Waals surface area contributed by atoms with E-state index >= 15 is 0 Å². The zero-order valence-corrected chi connectivity index (χ0v) is 15.0. The third kappa shape index (κ3) is 3.88. The monoisotopic (exact) mass is 373 g/mol. The number of rotatable bonds is 5. The normalized spacial score (nSPS) is 11.7. The van der Waals surface area contributed by atoms with Gasteiger partial charge in [0.25, 0.3) is 0 Å². The molecule has 1 N–H and O–H groups in total. The Hall–Kier alpha value is -3.45. The van der Waals surface area contributed by atoms with Crippen molar-refractivity contribution < 1.29 is 4.79 Å². The molecule has 3 aromatic heterocycles. The van der Waals surface area contributed by atoms with E-state index in [0.717, 1.165) is 21.6 Å². The molecule has 7 heteroatoms. The lowest BCUT2D eigenvalue weighted by atomic mass is 9.92. The molecule has 4 rings (SSSR count). The van der Waals surface area contributed by atoms with Crippen LogP contribution in [0.2, 0.25) is 0 Å². The van der Waals surface area contributed by atoms with E-state index in [4.69, 9.17) is 0 Å². The Morgan fingerprint density at radius 1 is 0.889 bits per heavy atom. The minimum atomic E-state index is -0.465. The number of anilines is 1. The second-order valence-corrected chi connectivity index (χ2v) is 6.81. The Labute approximate surface area is 160 Å². The first-order valence-electron chi connectivity index (χ1n) is 8.28. The lowest BCUT2D eigenvalue weighted by Gasteiger charge is -2.16. The van der Waals surface area contributed by atoms with Crippen molar-refractivity contribution in [2.45, 2.75) is 5.92 Å². The number of hydrogen-bond donors (Lipinski definition) is 1. The van der Waals surface area contributed by atoms with E-state index in [1.54, 1.807) is 31.0 Å². The van der Waals surface area contributed by atoms with Gasteiger partial charge in [0.1, 0.15) is 6.33 Å². The van der Waals surface area contributed by atoms with E-state index in [2.05, 4.69) is 25.3 Å². The van der Waals surface area contributed by atoms with Crippen molar-refractivity contribution in [1.29, 1.82) is 0 Å². The van der Waals surface area contributed by atoms with Crippen molar-refractivity contribution in [3.8, 4) is 10.4 Å². The largest absolute Gasteiger partial charge is 0.301 e. The van der Waals surface area contributed by atoms with Crippen LogP contribution in [0.4, 0.5) is 5.13 Å². The third-order valence-electron chi connectivity index (χ3n) is 3.99. The molecule has 0 aliphatic carbocycles. The third-order valence-corrected chi connectivity index (χ3v) is 4.96. The first-order valence-corrected chi connectivity index (χ1v) is 9.10. The number of aromatic nitrogens is 4. The Morgan fingerprint density at radius 3 is 2.41 bits per heavy atom. The number of carbonyl (C=O) groups is 1. The van der Waals surface area contributed by atoms with Crippen LogP contribution in [0.3, 0.4) is 0 Å². The van der Waals surface area contributed by atoms with E-state index in [-0.39, 0.29) is 5.91 Å². The second-order valence-electron chi connectivity index (χ2n) is 5.78. The minimum Gasteiger partial charge on any atom is -0.301 e. The molecule has 0 aliphatic heterocycles. The molecular weight excluding hydrogens is 358 g/mol. The maximum atomic E-state index is 13.1. The fourth-order valence-corrected chi connectivity index (χ4v) is 3.55. The second kappa shape index (κ2) is 7.84. The molecule has 3 heterocycles. The van der Waals surface area contributed by atoms with E-state index < -0.39 is 5.92 Å². The Balaban J connectivity index is 1.61. The molecule has 0 saturated heterocycles. The molecule has 1 unspecified atom stereocenters. The molecule has 1 amide bonds. The smallest absolute Gasteiger partial charge is 0.238 e. The van der Waals surface area contributed by atoms with Crippen molar-refractivity contribution in [2.24, 2.45) is 0 Å². The molecule has 4 aromatic rings. The number of nitrogens with one attached hydrogen (secondary N) is 1. The Kier molecular flexibility index (Phi) is 4.93. The Bertz CT molecular complexity index is 982. The molecular formula is C20H15N5OS. The van der Waals surface area contributed by atoms with Gasteiger partial charge in [-0.05, 0) is 17.2 Å². The zero-order chi connectivity index (χ0) is 18.5. The molecule has 27 heavy (non-hydrogen) atoms. The van der Waals surface area contributed by atoms with Gasteiger partial charge >= 0.3 is 0 Å². The van der Waals surface area contributed by atoms with Gasteiger partial charge in [0.2, 0.25) is 5.91 Å². The summed E-state index contributed by atoms with van der Waals surface area (Å²) in [6.07, 6.45) is 10.0. The highest BCUT2D eigenvalue weighted by Gasteiger charge is 2.24. The molecule has 1 aromatic carbocycles. The van der Waals surface area contributed by atoms with Gasteiger partial charge in [-0.15, -0.1) is 0 Å². The number of thiazole rings is 1. The van der Waals surface area contributed by atoms with Crippen LogP contribution >= 0.6 is 11.3 Å². The molecule has 0 saturated carbocycles. The molecule has 0 fully saturated rings. The standard InChI is InChI=1S/C20H15N5OS/c26-19(25-20-24-12-17(27-20)16-10-22-13-23-11-16)18(14-5-2-1-3-6-14)15-7-4-8-21-9-15/h1-13,18H,(H,24,25,26). The number of pyridine rings is 1. The van der Waals surface area contributed by atoms with Crippen LogP contribution in [0, 0.1) is 0 Å². The van der Waals surface area contributed by atoms with Crippen LogP contribution in [0.1, 0.15) is 17.0 Å². The minimum absolute atomic E-state index is 0.153. The highest BCUT2D eigenvalue weighted by atomic mass is 32.1. The molecule has 0 radical (unpaired) electrons. The number of amides is 1. The van der Waals surface area contributed by atoms with Crippen LogP contribution < -0.4 is 5.32 Å². The highest BCUT2D eigenvalue weighted by Crippen LogP contribution is 2.30. The van der Waals surface area contributed by atoms with Gasteiger partial charge in [-0.1, -0.05) is 47.7 Å². The van der Waals surface area contributed by atoms with E-state index in [1.165, 1.54) is 17.7 Å². The van der Waals surface area contributed by atoms with Crippen LogP contribution in [0.25, 0.3) is 10.4 Å². The van der Waals surface area contributed by atoms with Gasteiger partial charge < -0.3 is 5.32 Å². The summed E-state index contributed by atoms with van der Waals surface area (Å²) < 4.78 is 0. The van der Waals surface area contributed by atoms with Crippen molar-refractivity contribution in [2.75, 3.05) is 5.32 Å². The molecule has 6 nitrogen and oxygen atoms in total. The first-order chi connectivity index (χ1) is 13.3. The summed E-state index contributed by atoms with van der Waals surface area (Å²) in [7, 11) is 0. The summed E-state index contributed by atoms with van der Waals surface area (Å²) in [6.45, 7) is 0. The summed E-state index contributed by atoms with van der Waals surface area (Å²) in [5.41, 5.74) is 2.59. The van der Waals surface area contributed by atoms with E-state index in [1.807, 2.05) is 42.5 Å². The molecule has 0 aliphatic rings. The zero-order valence-electron chi connectivity index (χ0n) is 14.2. The van der Waals surface area contributed by atoms with Crippen molar-refractivity contribution in [1.82, 2.24) is 19.9 Å². The molecule has 132 valence electrons. The maximum absolute atomic E-state index is 13.1. The lowest BCUT2D eigenvalue weighted by Crippen LogP contribution is -2.22. The molecule has 0 bridgehead atoms. The van der Waals surface area contributed by atoms with Crippen LogP contribution in [0.15, 0.2) is 79.8 Å². The number of hydrogen-bond acceptors (Lipinski definition) is 6. The van der Waals surface area contributed by atoms with Crippen molar-refractivity contribution >= 4 is 22.4 Å². The first kappa shape index (κ1) is 17.0. The summed E-state index contributed by atoms with van der Waals surface area (Å²) >= 11 is 1.38. The summed E-state index contributed by atoms with van der Waals surface area (Å²) in [5, 5.41) is 3.46. The molecule has 0 spiro atoms. The van der Waals surface area contributed by atoms with Gasteiger partial charge in [0.15, 0.2) is 5.13 Å². The van der Waals surface area contributed by atoms with Gasteiger partial charge in [-0.25, -0.2) is 15.0 Å². The van der Waals surface area contributed by atoms with Crippen molar-refractivity contribution in [3.63, 3.8) is 0 Å². The van der Waals surface area contributed by atoms with Gasteiger partial charge in [-0.3, -0.25) is 9.78 Å². The average Bonchev–Trinajstić information content (AvgIpc) is 3.19. The van der Waals surface area contributed by atoms with Crippen LogP contribution in [0.5, 0.6) is 0 Å². The number of benzene rings is 1. The SMILES string of the molecule is O=C(Nc1ncc(-c2cncnc2)s1)C(c1ccccc1)c1cccnc1. The molecule has 1 atom stereocenters. The lowest BCUT2D eigenvalue weighted by molar-refractivity contribution is -0.116. The van der Waals surface area contributed by atoms with Gasteiger partial charge in [0.05, 0.1) is 10.8 Å². The fraction of sp³-hybridized carbons (Fsp3) is 0.0500. The topological polar surface area (TPSA) is 80.7 Å². The van der Waals surface area contributed by atoms with Gasteiger partial charge in [0, 0.05) is 36.5 Å².